The smallest absolute Gasteiger partial charge is 0.159 e. The summed E-state index contributed by atoms with van der Waals surface area (Å²) >= 11 is 0. The van der Waals surface area contributed by atoms with Crippen LogP contribution in [0.25, 0.3) is 66.4 Å². The van der Waals surface area contributed by atoms with Gasteiger partial charge in [0.15, 0.2) is 5.58 Å². The molecule has 0 atom stereocenters. The first kappa shape index (κ1) is 31.1. The van der Waals surface area contributed by atoms with E-state index in [-0.39, 0.29) is 5.41 Å². The molecule has 0 N–H and O–H groups in total. The van der Waals surface area contributed by atoms with Gasteiger partial charge >= 0.3 is 0 Å². The number of anilines is 3. The molecule has 0 spiro atoms. The lowest BCUT2D eigenvalue weighted by Gasteiger charge is -2.28. The quantitative estimate of drug-likeness (QED) is 0.174. The van der Waals surface area contributed by atoms with Gasteiger partial charge in [0.25, 0.3) is 0 Å². The molecule has 252 valence electrons. The highest BCUT2D eigenvalue weighted by atomic mass is 16.3. The summed E-state index contributed by atoms with van der Waals surface area (Å²) in [5, 5.41) is 2.23. The van der Waals surface area contributed by atoms with Crippen LogP contribution in [0, 0.1) is 0 Å². The summed E-state index contributed by atoms with van der Waals surface area (Å²) in [5.74, 6) is 0. The minimum absolute atomic E-state index is 0.216. The van der Waals surface area contributed by atoms with Crippen molar-refractivity contribution in [2.24, 2.45) is 0 Å². The zero-order valence-corrected chi connectivity index (χ0v) is 29.8. The van der Waals surface area contributed by atoms with E-state index in [1.165, 1.54) is 55.6 Å². The number of benzene rings is 8. The molecule has 1 aliphatic rings. The molecule has 1 aliphatic carbocycles. The Morgan fingerprint density at radius 1 is 0.415 bits per heavy atom. The monoisotopic (exact) mass is 679 g/mol. The Balaban J connectivity index is 1.16. The molecule has 1 heterocycles. The first-order valence-electron chi connectivity index (χ1n) is 18.4. The molecule has 0 saturated carbocycles. The molecular formula is C51H37NO. The fraction of sp³-hybridized carbons (Fsp3) is 0.0588. The van der Waals surface area contributed by atoms with Crippen molar-refractivity contribution < 1.29 is 4.42 Å². The first-order chi connectivity index (χ1) is 26.1. The van der Waals surface area contributed by atoms with E-state index in [9.17, 15) is 0 Å². The molecule has 10 rings (SSSR count). The largest absolute Gasteiger partial charge is 0.454 e. The number of rotatable bonds is 6. The summed E-state index contributed by atoms with van der Waals surface area (Å²) in [6, 6.07) is 67.7. The highest BCUT2D eigenvalue weighted by Crippen LogP contribution is 2.55. The van der Waals surface area contributed by atoms with Crippen molar-refractivity contribution in [3.05, 3.63) is 199 Å². The van der Waals surface area contributed by atoms with Gasteiger partial charge < -0.3 is 9.32 Å². The number of furan rings is 1. The average Bonchev–Trinajstić information content (AvgIpc) is 3.71. The standard InChI is InChI=1S/C51H37NO/c1-51(2)45-24-13-22-42(40-20-10-9-19-39(40)36-17-7-4-8-18-36)49(45)44-32-31-38(33-46(44)51)52(37-29-27-35(28-30-37)34-15-5-3-6-16-34)47-25-14-23-43-41-21-11-12-26-48(41)53-50(43)47/h3-33H,1-2H3. The molecule has 8 aromatic carbocycles. The minimum atomic E-state index is -0.216. The maximum Gasteiger partial charge on any atom is 0.159 e. The van der Waals surface area contributed by atoms with Crippen molar-refractivity contribution in [1.29, 1.82) is 0 Å². The van der Waals surface area contributed by atoms with Gasteiger partial charge in [-0.05, 0) is 92.0 Å². The van der Waals surface area contributed by atoms with Crippen molar-refractivity contribution in [2.75, 3.05) is 4.90 Å². The topological polar surface area (TPSA) is 16.4 Å². The van der Waals surface area contributed by atoms with Crippen molar-refractivity contribution in [2.45, 2.75) is 19.3 Å². The normalized spacial score (nSPS) is 12.9. The molecule has 2 nitrogen and oxygen atoms in total. The van der Waals surface area contributed by atoms with Gasteiger partial charge in [0.1, 0.15) is 5.58 Å². The van der Waals surface area contributed by atoms with Gasteiger partial charge in [-0.3, -0.25) is 0 Å². The van der Waals surface area contributed by atoms with Crippen LogP contribution in [0.5, 0.6) is 0 Å². The predicted molar refractivity (Wildman–Crippen MR) is 222 cm³/mol. The Morgan fingerprint density at radius 2 is 1.02 bits per heavy atom. The maximum absolute atomic E-state index is 6.66. The van der Waals surface area contributed by atoms with Crippen LogP contribution in [0.1, 0.15) is 25.0 Å². The number of hydrogen-bond donors (Lipinski definition) is 0. The van der Waals surface area contributed by atoms with E-state index in [1.54, 1.807) is 0 Å². The van der Waals surface area contributed by atoms with Crippen molar-refractivity contribution in [3.63, 3.8) is 0 Å². The third kappa shape index (κ3) is 5.02. The summed E-state index contributed by atoms with van der Waals surface area (Å²) < 4.78 is 6.66. The number of fused-ring (bicyclic) bond motifs is 6. The molecule has 1 aromatic heterocycles. The zero-order chi connectivity index (χ0) is 35.5. The van der Waals surface area contributed by atoms with Gasteiger partial charge in [-0.15, -0.1) is 0 Å². The van der Waals surface area contributed by atoms with Crippen LogP contribution < -0.4 is 4.90 Å². The van der Waals surface area contributed by atoms with Gasteiger partial charge in [0.2, 0.25) is 0 Å². The number of nitrogens with zero attached hydrogens (tertiary/aromatic N) is 1. The van der Waals surface area contributed by atoms with Crippen LogP contribution in [-0.4, -0.2) is 0 Å². The predicted octanol–water partition coefficient (Wildman–Crippen LogP) is 14.4. The molecule has 0 unspecified atom stereocenters. The van der Waals surface area contributed by atoms with E-state index in [1.807, 2.05) is 6.07 Å². The second-order valence-corrected chi connectivity index (χ2v) is 14.5. The van der Waals surface area contributed by atoms with Gasteiger partial charge in [-0.25, -0.2) is 0 Å². The number of para-hydroxylation sites is 2. The summed E-state index contributed by atoms with van der Waals surface area (Å²) in [6.45, 7) is 4.74. The second kappa shape index (κ2) is 12.3. The van der Waals surface area contributed by atoms with Crippen molar-refractivity contribution in [3.8, 4) is 44.5 Å². The van der Waals surface area contributed by atoms with Crippen molar-refractivity contribution in [1.82, 2.24) is 0 Å². The van der Waals surface area contributed by atoms with E-state index in [4.69, 9.17) is 4.42 Å². The third-order valence-corrected chi connectivity index (χ3v) is 11.1. The minimum Gasteiger partial charge on any atom is -0.454 e. The summed E-state index contributed by atoms with van der Waals surface area (Å²) in [5.41, 5.74) is 17.4. The lowest BCUT2D eigenvalue weighted by molar-refractivity contribution is 0.660. The van der Waals surface area contributed by atoms with Gasteiger partial charge in [0.05, 0.1) is 5.69 Å². The molecule has 9 aromatic rings. The molecule has 0 amide bonds. The molecular weight excluding hydrogens is 643 g/mol. The highest BCUT2D eigenvalue weighted by Gasteiger charge is 2.38. The van der Waals surface area contributed by atoms with E-state index < -0.39 is 0 Å². The molecule has 0 aliphatic heterocycles. The Hall–Kier alpha value is -6.64. The van der Waals surface area contributed by atoms with E-state index >= 15 is 0 Å². The molecule has 0 saturated heterocycles. The SMILES string of the molecule is CC1(C)c2cc(N(c3ccc(-c4ccccc4)cc3)c3cccc4c3oc3ccccc34)ccc2-c2c(-c3ccccc3-c3ccccc3)cccc21. The van der Waals surface area contributed by atoms with E-state index in [0.29, 0.717) is 0 Å². The van der Waals surface area contributed by atoms with Crippen LogP contribution in [0.2, 0.25) is 0 Å². The van der Waals surface area contributed by atoms with E-state index in [2.05, 4.69) is 201 Å². The van der Waals surface area contributed by atoms with Gasteiger partial charge in [0, 0.05) is 27.6 Å². The third-order valence-electron chi connectivity index (χ3n) is 11.1. The summed E-state index contributed by atoms with van der Waals surface area (Å²) in [4.78, 5) is 2.37. The molecule has 53 heavy (non-hydrogen) atoms. The molecule has 0 fully saturated rings. The van der Waals surface area contributed by atoms with Gasteiger partial charge in [-0.1, -0.05) is 166 Å². The van der Waals surface area contributed by atoms with Crippen LogP contribution in [0.15, 0.2) is 192 Å². The van der Waals surface area contributed by atoms with E-state index in [0.717, 1.165) is 39.0 Å². The fourth-order valence-electron chi connectivity index (χ4n) is 8.50. The first-order valence-corrected chi connectivity index (χ1v) is 18.4. The van der Waals surface area contributed by atoms with Crippen LogP contribution in [-0.2, 0) is 5.41 Å². The highest BCUT2D eigenvalue weighted by molar-refractivity contribution is 6.10. The Labute approximate surface area is 310 Å². The Kier molecular flexibility index (Phi) is 7.19. The van der Waals surface area contributed by atoms with Crippen LogP contribution in [0.4, 0.5) is 17.1 Å². The van der Waals surface area contributed by atoms with Crippen molar-refractivity contribution >= 4 is 39.0 Å². The molecule has 0 bridgehead atoms. The lowest BCUT2D eigenvalue weighted by Crippen LogP contribution is -2.16. The Bertz CT molecular complexity index is 2790. The lowest BCUT2D eigenvalue weighted by atomic mass is 9.81. The molecule has 2 heteroatoms. The second-order valence-electron chi connectivity index (χ2n) is 14.5. The fourth-order valence-corrected chi connectivity index (χ4v) is 8.50. The van der Waals surface area contributed by atoms with Gasteiger partial charge in [-0.2, -0.15) is 0 Å². The van der Waals surface area contributed by atoms with Crippen LogP contribution >= 0.6 is 0 Å². The number of hydrogen-bond acceptors (Lipinski definition) is 2. The maximum atomic E-state index is 6.66. The zero-order valence-electron chi connectivity index (χ0n) is 29.8. The van der Waals surface area contributed by atoms with Crippen LogP contribution in [0.3, 0.4) is 0 Å². The summed E-state index contributed by atoms with van der Waals surface area (Å²) in [7, 11) is 0. The average molecular weight is 680 g/mol. The summed E-state index contributed by atoms with van der Waals surface area (Å²) in [6.07, 6.45) is 0. The molecule has 0 radical (unpaired) electrons. The Morgan fingerprint density at radius 3 is 1.81 bits per heavy atom.